The number of nitrogens with zero attached hydrogens (tertiary/aromatic N) is 4. The van der Waals surface area contributed by atoms with Crippen molar-refractivity contribution in [1.29, 1.82) is 0 Å². The fraction of sp³-hybridized carbons (Fsp3) is 0.524. The maximum atomic E-state index is 12.8. The smallest absolute Gasteiger partial charge is 0.257 e. The Labute approximate surface area is 172 Å². The zero-order chi connectivity index (χ0) is 20.1. The molecule has 0 N–H and O–H groups in total. The molecule has 152 valence electrons. The third-order valence-electron chi connectivity index (χ3n) is 5.09. The quantitative estimate of drug-likeness (QED) is 0.709. The monoisotopic (exact) mass is 404 g/mol. The van der Waals surface area contributed by atoms with Gasteiger partial charge in [-0.2, -0.15) is 5.10 Å². The summed E-state index contributed by atoms with van der Waals surface area (Å²) >= 11 is 5.98. The van der Waals surface area contributed by atoms with Gasteiger partial charge in [-0.3, -0.25) is 14.4 Å². The lowest BCUT2D eigenvalue weighted by Gasteiger charge is -2.34. The molecule has 7 heteroatoms. The van der Waals surface area contributed by atoms with E-state index in [4.69, 9.17) is 16.3 Å². The van der Waals surface area contributed by atoms with Crippen LogP contribution in [-0.4, -0.2) is 64.8 Å². The van der Waals surface area contributed by atoms with Crippen LogP contribution in [0, 0.1) is 13.8 Å². The second kappa shape index (κ2) is 9.43. The molecule has 1 aliphatic rings. The lowest BCUT2D eigenvalue weighted by atomic mass is 10.2. The highest BCUT2D eigenvalue weighted by Gasteiger charge is 2.24. The van der Waals surface area contributed by atoms with Crippen LogP contribution in [0.5, 0.6) is 5.75 Å². The largest absolute Gasteiger partial charge is 0.492 e. The van der Waals surface area contributed by atoms with Gasteiger partial charge < -0.3 is 9.64 Å². The van der Waals surface area contributed by atoms with Gasteiger partial charge in [0.2, 0.25) is 0 Å². The maximum absolute atomic E-state index is 12.8. The summed E-state index contributed by atoms with van der Waals surface area (Å²) in [6.45, 7) is 11.5. The molecule has 2 heterocycles. The number of amides is 1. The van der Waals surface area contributed by atoms with Gasteiger partial charge in [-0.1, -0.05) is 18.5 Å². The summed E-state index contributed by atoms with van der Waals surface area (Å²) in [5, 5.41) is 5.17. The number of aryl methyl sites for hydroxylation is 3. The Balaban J connectivity index is 1.45. The first-order chi connectivity index (χ1) is 13.5. The predicted molar refractivity (Wildman–Crippen MR) is 111 cm³/mol. The molecule has 3 rings (SSSR count). The molecular formula is C21H29ClN4O2. The normalized spacial score (nSPS) is 15.1. The van der Waals surface area contributed by atoms with E-state index in [9.17, 15) is 4.79 Å². The SMILES string of the molecule is CCCn1cc(C(=O)N2CCN(CCOc3ccc(Cl)cc3C)CC2)c(C)n1. The van der Waals surface area contributed by atoms with Crippen LogP contribution in [0.15, 0.2) is 24.4 Å². The van der Waals surface area contributed by atoms with Crippen molar-refractivity contribution in [3.05, 3.63) is 46.2 Å². The van der Waals surface area contributed by atoms with Crippen molar-refractivity contribution in [2.75, 3.05) is 39.3 Å². The van der Waals surface area contributed by atoms with E-state index in [-0.39, 0.29) is 5.91 Å². The molecule has 1 amide bonds. The van der Waals surface area contributed by atoms with Crippen molar-refractivity contribution < 1.29 is 9.53 Å². The average molecular weight is 405 g/mol. The summed E-state index contributed by atoms with van der Waals surface area (Å²) in [5.41, 5.74) is 2.58. The molecule has 1 aromatic heterocycles. The van der Waals surface area contributed by atoms with Gasteiger partial charge in [-0.15, -0.1) is 0 Å². The predicted octanol–water partition coefficient (Wildman–Crippen LogP) is 3.40. The van der Waals surface area contributed by atoms with Crippen LogP contribution >= 0.6 is 11.6 Å². The third kappa shape index (κ3) is 5.06. The Morgan fingerprint density at radius 3 is 2.61 bits per heavy atom. The Morgan fingerprint density at radius 2 is 1.93 bits per heavy atom. The van der Waals surface area contributed by atoms with Gasteiger partial charge in [0, 0.05) is 50.5 Å². The van der Waals surface area contributed by atoms with E-state index in [2.05, 4.69) is 16.9 Å². The molecule has 1 saturated heterocycles. The summed E-state index contributed by atoms with van der Waals surface area (Å²) in [6, 6.07) is 5.67. The van der Waals surface area contributed by atoms with Crippen LogP contribution in [-0.2, 0) is 6.54 Å². The zero-order valence-corrected chi connectivity index (χ0v) is 17.7. The molecule has 28 heavy (non-hydrogen) atoms. The minimum absolute atomic E-state index is 0.0903. The van der Waals surface area contributed by atoms with E-state index in [1.165, 1.54) is 0 Å². The molecule has 0 aliphatic carbocycles. The summed E-state index contributed by atoms with van der Waals surface area (Å²) in [6.07, 6.45) is 2.89. The van der Waals surface area contributed by atoms with Crippen LogP contribution in [0.4, 0.5) is 0 Å². The molecular weight excluding hydrogens is 376 g/mol. The lowest BCUT2D eigenvalue weighted by Crippen LogP contribution is -2.49. The van der Waals surface area contributed by atoms with E-state index >= 15 is 0 Å². The Bertz CT molecular complexity index is 813. The van der Waals surface area contributed by atoms with Crippen molar-refractivity contribution in [2.24, 2.45) is 0 Å². The van der Waals surface area contributed by atoms with Gasteiger partial charge in [-0.25, -0.2) is 0 Å². The number of carbonyl (C=O) groups is 1. The number of benzene rings is 1. The second-order valence-electron chi connectivity index (χ2n) is 7.28. The van der Waals surface area contributed by atoms with Gasteiger partial charge in [0.05, 0.1) is 11.3 Å². The average Bonchev–Trinajstić information content (AvgIpc) is 3.04. The zero-order valence-electron chi connectivity index (χ0n) is 16.9. The van der Waals surface area contributed by atoms with E-state index < -0.39 is 0 Å². The molecule has 0 saturated carbocycles. The number of carbonyl (C=O) groups excluding carboxylic acids is 1. The summed E-state index contributed by atoms with van der Waals surface area (Å²) in [7, 11) is 0. The molecule has 1 aliphatic heterocycles. The highest BCUT2D eigenvalue weighted by molar-refractivity contribution is 6.30. The van der Waals surface area contributed by atoms with Gasteiger partial charge in [0.15, 0.2) is 0 Å². The van der Waals surface area contributed by atoms with Crippen LogP contribution in [0.25, 0.3) is 0 Å². The first-order valence-corrected chi connectivity index (χ1v) is 10.3. The molecule has 0 radical (unpaired) electrons. The number of ether oxygens (including phenoxy) is 1. The van der Waals surface area contributed by atoms with E-state index in [1.54, 1.807) is 0 Å². The minimum Gasteiger partial charge on any atom is -0.492 e. The first-order valence-electron chi connectivity index (χ1n) is 9.92. The number of hydrogen-bond donors (Lipinski definition) is 0. The van der Waals surface area contributed by atoms with Gasteiger partial charge >= 0.3 is 0 Å². The summed E-state index contributed by atoms with van der Waals surface area (Å²) < 4.78 is 7.76. The molecule has 1 aromatic carbocycles. The number of rotatable bonds is 7. The van der Waals surface area contributed by atoms with E-state index in [0.717, 1.165) is 73.3 Å². The molecule has 2 aromatic rings. The Morgan fingerprint density at radius 1 is 1.18 bits per heavy atom. The number of hydrogen-bond acceptors (Lipinski definition) is 4. The highest BCUT2D eigenvalue weighted by atomic mass is 35.5. The summed E-state index contributed by atoms with van der Waals surface area (Å²) in [4.78, 5) is 17.1. The molecule has 1 fully saturated rings. The van der Waals surface area contributed by atoms with Crippen molar-refractivity contribution >= 4 is 17.5 Å². The van der Waals surface area contributed by atoms with Crippen LogP contribution in [0.2, 0.25) is 5.02 Å². The van der Waals surface area contributed by atoms with E-state index in [1.807, 2.05) is 47.8 Å². The molecule has 0 spiro atoms. The Hall–Kier alpha value is -2.05. The van der Waals surface area contributed by atoms with E-state index in [0.29, 0.717) is 6.61 Å². The van der Waals surface area contributed by atoms with Gasteiger partial charge in [0.1, 0.15) is 12.4 Å². The fourth-order valence-electron chi connectivity index (χ4n) is 3.48. The van der Waals surface area contributed by atoms with Crippen molar-refractivity contribution in [2.45, 2.75) is 33.7 Å². The molecule has 0 unspecified atom stereocenters. The fourth-order valence-corrected chi connectivity index (χ4v) is 3.70. The van der Waals surface area contributed by atoms with Crippen molar-refractivity contribution in [1.82, 2.24) is 19.6 Å². The highest BCUT2D eigenvalue weighted by Crippen LogP contribution is 2.21. The van der Waals surface area contributed by atoms with Crippen LogP contribution in [0.3, 0.4) is 0 Å². The van der Waals surface area contributed by atoms with Gasteiger partial charge in [0.25, 0.3) is 5.91 Å². The topological polar surface area (TPSA) is 50.6 Å². The number of aromatic nitrogens is 2. The molecule has 6 nitrogen and oxygen atoms in total. The standard InChI is InChI=1S/C21H29ClN4O2/c1-4-7-26-15-19(17(3)23-26)21(27)25-10-8-24(9-11-25)12-13-28-20-6-5-18(22)14-16(20)2/h5-6,14-15H,4,7-13H2,1-3H3. The number of piperazine rings is 1. The lowest BCUT2D eigenvalue weighted by molar-refractivity contribution is 0.0619. The van der Waals surface area contributed by atoms with Crippen LogP contribution < -0.4 is 4.74 Å². The van der Waals surface area contributed by atoms with Crippen molar-refractivity contribution in [3.8, 4) is 5.75 Å². The first kappa shape index (κ1) is 20.7. The minimum atomic E-state index is 0.0903. The van der Waals surface area contributed by atoms with Gasteiger partial charge in [-0.05, 0) is 44.0 Å². The molecule has 0 bridgehead atoms. The van der Waals surface area contributed by atoms with Crippen LogP contribution in [0.1, 0.15) is 35.0 Å². The maximum Gasteiger partial charge on any atom is 0.257 e. The summed E-state index contributed by atoms with van der Waals surface area (Å²) in [5.74, 6) is 0.963. The third-order valence-corrected chi connectivity index (χ3v) is 5.33. The molecule has 0 atom stereocenters. The second-order valence-corrected chi connectivity index (χ2v) is 7.72. The Kier molecular flexibility index (Phi) is 6.97. The number of halogens is 1. The van der Waals surface area contributed by atoms with Crippen molar-refractivity contribution in [3.63, 3.8) is 0 Å².